The summed E-state index contributed by atoms with van der Waals surface area (Å²) in [5.74, 6) is 0. The molecule has 0 fully saturated rings. The van der Waals surface area contributed by atoms with Crippen LogP contribution in [0.15, 0.2) is 82.4 Å². The van der Waals surface area contributed by atoms with Crippen molar-refractivity contribution in [3.05, 3.63) is 87.9 Å². The van der Waals surface area contributed by atoms with E-state index in [4.69, 9.17) is 4.74 Å². The van der Waals surface area contributed by atoms with E-state index >= 15 is 0 Å². The molecule has 2 aromatic rings. The molecule has 0 heterocycles. The molecule has 126 valence electrons. The zero-order chi connectivity index (χ0) is 17.2. The van der Waals surface area contributed by atoms with Gasteiger partial charge in [-0.3, -0.25) is 0 Å². The molecular weight excluding hydrogens is 383 g/mol. The van der Waals surface area contributed by atoms with E-state index in [-0.39, 0.29) is 15.0 Å². The molecule has 1 atom stereocenters. The first kappa shape index (κ1) is 18.9. The molecule has 4 heteroatoms. The monoisotopic (exact) mass is 406 g/mol. The van der Waals surface area contributed by atoms with Gasteiger partial charge in [-0.1, -0.05) is 0 Å². The van der Waals surface area contributed by atoms with Crippen molar-refractivity contribution >= 4 is 31.2 Å². The van der Waals surface area contributed by atoms with Crippen molar-refractivity contribution in [3.63, 3.8) is 0 Å². The Balaban J connectivity index is 2.39. The topological polar surface area (TPSA) is 29.5 Å². The maximum atomic E-state index is 11.0. The zero-order valence-electron chi connectivity index (χ0n) is 13.9. The van der Waals surface area contributed by atoms with Crippen LogP contribution in [0, 0.1) is 0 Å². The Labute approximate surface area is 154 Å². The molecular formula is C20H22O2SSe. The first-order valence-corrected chi connectivity index (χ1v) is 10.7. The van der Waals surface area contributed by atoms with E-state index in [0.717, 1.165) is 14.9 Å². The van der Waals surface area contributed by atoms with E-state index in [1.54, 1.807) is 18.0 Å². The molecule has 2 nitrogen and oxygen atoms in total. The summed E-state index contributed by atoms with van der Waals surface area (Å²) in [6.45, 7) is 2.60. The summed E-state index contributed by atoms with van der Waals surface area (Å²) < 4.78 is 7.64. The number of thioether (sulfide) groups is 1. The van der Waals surface area contributed by atoms with Gasteiger partial charge in [0.25, 0.3) is 0 Å². The quantitative estimate of drug-likeness (QED) is 0.411. The molecule has 2 rings (SSSR count). The molecule has 0 bridgehead atoms. The van der Waals surface area contributed by atoms with Gasteiger partial charge >= 0.3 is 155 Å². The molecule has 0 aliphatic heterocycles. The van der Waals surface area contributed by atoms with Crippen LogP contribution in [0.1, 0.15) is 18.6 Å². The van der Waals surface area contributed by atoms with Gasteiger partial charge in [0.1, 0.15) is 0 Å². The summed E-state index contributed by atoms with van der Waals surface area (Å²) in [5.41, 5.74) is 0.918. The second-order valence-electron chi connectivity index (χ2n) is 4.92. The normalized spacial score (nSPS) is 13.6. The van der Waals surface area contributed by atoms with Crippen molar-refractivity contribution in [2.75, 3.05) is 12.9 Å². The number of aliphatic hydroxyl groups excluding tert-OH is 1. The first-order valence-electron chi connectivity index (χ1n) is 7.78. The number of benzene rings is 2. The summed E-state index contributed by atoms with van der Waals surface area (Å²) in [7, 11) is 0. The molecule has 0 saturated carbocycles. The first-order chi connectivity index (χ1) is 11.8. The number of ether oxygens (including phenoxy) is 1. The van der Waals surface area contributed by atoms with Crippen LogP contribution in [0.4, 0.5) is 0 Å². The van der Waals surface area contributed by atoms with E-state index in [1.807, 2.05) is 67.8 Å². The number of aliphatic hydroxyl groups is 1. The Hall–Kier alpha value is -1.45. The van der Waals surface area contributed by atoms with Crippen LogP contribution in [-0.2, 0) is 4.74 Å². The van der Waals surface area contributed by atoms with E-state index in [0.29, 0.717) is 6.61 Å². The molecule has 24 heavy (non-hydrogen) atoms. The van der Waals surface area contributed by atoms with Gasteiger partial charge in [-0.2, -0.15) is 0 Å². The van der Waals surface area contributed by atoms with E-state index in [1.165, 1.54) is 4.46 Å². The second kappa shape index (κ2) is 10.4. The Morgan fingerprint density at radius 1 is 1.12 bits per heavy atom. The minimum absolute atomic E-state index is 0.0332. The van der Waals surface area contributed by atoms with Gasteiger partial charge in [-0.05, 0) is 0 Å². The van der Waals surface area contributed by atoms with Crippen molar-refractivity contribution in [2.24, 2.45) is 0 Å². The van der Waals surface area contributed by atoms with Crippen LogP contribution in [0.5, 0.6) is 0 Å². The standard InChI is InChI=1S/C20H22O2SSe/c1-3-22-15-14-18(23-2)20(24-17-12-8-5-9-13-17)19(21)16-10-6-4-7-11-16/h4-15,19,21H,3H2,1-2H3/b15-14+,20-18+. The number of hydrogen-bond acceptors (Lipinski definition) is 3. The third-order valence-corrected chi connectivity index (χ3v) is 6.82. The third kappa shape index (κ3) is 5.57. The maximum absolute atomic E-state index is 11.0. The molecule has 0 aliphatic carbocycles. The van der Waals surface area contributed by atoms with Crippen LogP contribution in [0.3, 0.4) is 0 Å². The summed E-state index contributed by atoms with van der Waals surface area (Å²) >= 11 is 1.67. The summed E-state index contributed by atoms with van der Waals surface area (Å²) in [5, 5.41) is 11.0. The fourth-order valence-electron chi connectivity index (χ4n) is 2.10. The van der Waals surface area contributed by atoms with Gasteiger partial charge < -0.3 is 0 Å². The van der Waals surface area contributed by atoms with Crippen molar-refractivity contribution in [3.8, 4) is 0 Å². The molecule has 0 spiro atoms. The average Bonchev–Trinajstić information content (AvgIpc) is 2.65. The number of allylic oxidation sites excluding steroid dienone is 1. The van der Waals surface area contributed by atoms with Crippen LogP contribution in [0.2, 0.25) is 0 Å². The van der Waals surface area contributed by atoms with Crippen molar-refractivity contribution in [1.82, 2.24) is 0 Å². The van der Waals surface area contributed by atoms with Gasteiger partial charge in [0.2, 0.25) is 0 Å². The van der Waals surface area contributed by atoms with Crippen molar-refractivity contribution in [2.45, 2.75) is 13.0 Å². The van der Waals surface area contributed by atoms with E-state index in [2.05, 4.69) is 12.1 Å². The van der Waals surface area contributed by atoms with Crippen LogP contribution < -0.4 is 4.46 Å². The predicted molar refractivity (Wildman–Crippen MR) is 105 cm³/mol. The molecule has 1 unspecified atom stereocenters. The van der Waals surface area contributed by atoms with E-state index in [9.17, 15) is 5.11 Å². The number of rotatable bonds is 8. The summed E-state index contributed by atoms with van der Waals surface area (Å²) in [6, 6.07) is 20.1. The Bertz CT molecular complexity index is 669. The third-order valence-electron chi connectivity index (χ3n) is 3.28. The summed E-state index contributed by atoms with van der Waals surface area (Å²) in [6.07, 6.45) is 5.09. The number of hydrogen-bond donors (Lipinski definition) is 1. The zero-order valence-corrected chi connectivity index (χ0v) is 16.4. The SMILES string of the molecule is CCO/C=C/C(SC)=C(\[Se]c1ccccc1)C(O)c1ccccc1. The fourth-order valence-corrected chi connectivity index (χ4v) is 5.37. The fraction of sp³-hybridized carbons (Fsp3) is 0.200. The van der Waals surface area contributed by atoms with Gasteiger partial charge in [0.05, 0.1) is 0 Å². The minimum atomic E-state index is -0.611. The van der Waals surface area contributed by atoms with Gasteiger partial charge in [-0.15, -0.1) is 0 Å². The van der Waals surface area contributed by atoms with Gasteiger partial charge in [0, 0.05) is 0 Å². The Morgan fingerprint density at radius 3 is 2.33 bits per heavy atom. The second-order valence-corrected chi connectivity index (χ2v) is 8.11. The molecule has 2 aromatic carbocycles. The molecule has 1 N–H and O–H groups in total. The van der Waals surface area contributed by atoms with Crippen molar-refractivity contribution < 1.29 is 9.84 Å². The molecule has 0 saturated heterocycles. The van der Waals surface area contributed by atoms with Crippen LogP contribution >= 0.6 is 11.8 Å². The van der Waals surface area contributed by atoms with Crippen molar-refractivity contribution in [1.29, 1.82) is 0 Å². The molecule has 0 aromatic heterocycles. The molecule has 0 radical (unpaired) electrons. The van der Waals surface area contributed by atoms with Crippen LogP contribution in [0.25, 0.3) is 0 Å². The van der Waals surface area contributed by atoms with Gasteiger partial charge in [0.15, 0.2) is 0 Å². The Morgan fingerprint density at radius 2 is 1.75 bits per heavy atom. The molecule has 0 amide bonds. The van der Waals surface area contributed by atoms with E-state index < -0.39 is 6.10 Å². The predicted octanol–water partition coefficient (Wildman–Crippen LogP) is 3.87. The van der Waals surface area contributed by atoms with Crippen LogP contribution in [-0.4, -0.2) is 32.9 Å². The molecule has 0 aliphatic rings. The Kier molecular flexibility index (Phi) is 8.20. The summed E-state index contributed by atoms with van der Waals surface area (Å²) in [4.78, 5) is 1.06. The average molecular weight is 405 g/mol. The van der Waals surface area contributed by atoms with Gasteiger partial charge in [-0.25, -0.2) is 0 Å².